The Morgan fingerprint density at radius 2 is 1.72 bits per heavy atom. The van der Waals surface area contributed by atoms with Crippen molar-refractivity contribution in [2.75, 3.05) is 13.7 Å². The fraction of sp³-hybridized carbons (Fsp3) is 0.227. The lowest BCUT2D eigenvalue weighted by atomic mass is 10.0. The maximum absolute atomic E-state index is 12.4. The molecule has 0 aromatic heterocycles. The molecular weight excluding hydrogens is 370 g/mol. The van der Waals surface area contributed by atoms with Crippen molar-refractivity contribution in [1.82, 2.24) is 16.0 Å². The van der Waals surface area contributed by atoms with Crippen LogP contribution in [0.4, 0.5) is 0 Å². The Balaban J connectivity index is 1.89. The number of carbonyl (C=O) groups excluding carboxylic acids is 3. The zero-order valence-corrected chi connectivity index (χ0v) is 16.4. The summed E-state index contributed by atoms with van der Waals surface area (Å²) in [4.78, 5) is 35.0. The summed E-state index contributed by atoms with van der Waals surface area (Å²) in [6.45, 7) is 4.03. The maximum Gasteiger partial charge on any atom is 0.257 e. The van der Waals surface area contributed by atoms with Crippen LogP contribution in [0.25, 0.3) is 0 Å². The molecule has 0 aliphatic carbocycles. The summed E-state index contributed by atoms with van der Waals surface area (Å²) < 4.78 is 5.41. The molecule has 0 bridgehead atoms. The molecule has 0 radical (unpaired) electrons. The fourth-order valence-electron chi connectivity index (χ4n) is 2.56. The van der Waals surface area contributed by atoms with Crippen LogP contribution in [0.1, 0.15) is 16.7 Å². The molecule has 0 saturated carbocycles. The Morgan fingerprint density at radius 1 is 0.966 bits per heavy atom. The molecule has 2 rings (SSSR count). The Morgan fingerprint density at radius 3 is 2.45 bits per heavy atom. The number of likely N-dealkylation sites (N-methyl/N-ethyl adjacent to an activating group) is 1. The highest BCUT2D eigenvalue weighted by molar-refractivity contribution is 5.86. The van der Waals surface area contributed by atoms with E-state index in [1.807, 2.05) is 30.3 Å². The topological polar surface area (TPSA) is 96.5 Å². The van der Waals surface area contributed by atoms with Crippen LogP contribution in [0.3, 0.4) is 0 Å². The second-order valence-corrected chi connectivity index (χ2v) is 6.25. The molecule has 3 N–H and O–H groups in total. The number of nitrogens with one attached hydrogen (secondary N) is 3. The van der Waals surface area contributed by atoms with Crippen LogP contribution in [-0.4, -0.2) is 31.4 Å². The molecule has 0 aliphatic rings. The third-order valence-corrected chi connectivity index (χ3v) is 4.14. The monoisotopic (exact) mass is 395 g/mol. The predicted molar refractivity (Wildman–Crippen MR) is 110 cm³/mol. The zero-order chi connectivity index (χ0) is 21.1. The SMILES string of the molecule is C=CC(=O)NCc1ccccc1CC(=O)NCc1cccc(OCC(=O)NC)c1. The van der Waals surface area contributed by atoms with Crippen LogP contribution in [-0.2, 0) is 33.9 Å². The second kappa shape index (κ2) is 11.3. The number of rotatable bonds is 10. The molecular formula is C22H25N3O4. The number of carbonyl (C=O) groups is 3. The first kappa shape index (κ1) is 21.7. The van der Waals surface area contributed by atoms with Gasteiger partial charge in [0, 0.05) is 20.1 Å². The van der Waals surface area contributed by atoms with Crippen LogP contribution in [0.15, 0.2) is 61.2 Å². The zero-order valence-electron chi connectivity index (χ0n) is 16.4. The first-order chi connectivity index (χ1) is 14.0. The maximum atomic E-state index is 12.4. The molecule has 2 aromatic carbocycles. The van der Waals surface area contributed by atoms with Gasteiger partial charge < -0.3 is 20.7 Å². The molecule has 3 amide bonds. The molecule has 7 heteroatoms. The average molecular weight is 395 g/mol. The summed E-state index contributed by atoms with van der Waals surface area (Å²) in [5, 5.41) is 8.08. The van der Waals surface area contributed by atoms with Crippen molar-refractivity contribution in [3.8, 4) is 5.75 Å². The van der Waals surface area contributed by atoms with Crippen LogP contribution < -0.4 is 20.7 Å². The molecule has 0 unspecified atom stereocenters. The van der Waals surface area contributed by atoms with E-state index in [1.165, 1.54) is 6.08 Å². The minimum Gasteiger partial charge on any atom is -0.484 e. The van der Waals surface area contributed by atoms with Gasteiger partial charge in [-0.3, -0.25) is 14.4 Å². The summed E-state index contributed by atoms with van der Waals surface area (Å²) in [5.74, 6) is -0.0535. The summed E-state index contributed by atoms with van der Waals surface area (Å²) >= 11 is 0. The third kappa shape index (κ3) is 7.50. The van der Waals surface area contributed by atoms with Gasteiger partial charge in [-0.1, -0.05) is 43.0 Å². The van der Waals surface area contributed by atoms with Crippen molar-refractivity contribution in [2.45, 2.75) is 19.5 Å². The van der Waals surface area contributed by atoms with Gasteiger partial charge in [-0.2, -0.15) is 0 Å². The molecule has 0 atom stereocenters. The first-order valence-corrected chi connectivity index (χ1v) is 9.18. The van der Waals surface area contributed by atoms with E-state index in [0.29, 0.717) is 18.8 Å². The minimum atomic E-state index is -0.261. The van der Waals surface area contributed by atoms with Gasteiger partial charge in [-0.05, 0) is 34.9 Å². The van der Waals surface area contributed by atoms with Gasteiger partial charge in [0.05, 0.1) is 6.42 Å². The summed E-state index contributed by atoms with van der Waals surface area (Å²) in [7, 11) is 1.54. The standard InChI is InChI=1S/C22H25N3O4/c1-3-20(26)25-14-18-9-5-4-8-17(18)12-21(27)24-13-16-7-6-10-19(11-16)29-15-22(28)23-2/h3-11H,1,12-15H2,2H3,(H,23,28)(H,24,27)(H,25,26). The number of benzene rings is 2. The molecule has 29 heavy (non-hydrogen) atoms. The largest absolute Gasteiger partial charge is 0.484 e. The predicted octanol–water partition coefficient (Wildman–Crippen LogP) is 1.47. The Bertz CT molecular complexity index is 880. The van der Waals surface area contributed by atoms with Crippen molar-refractivity contribution in [3.05, 3.63) is 77.9 Å². The van der Waals surface area contributed by atoms with Crippen molar-refractivity contribution >= 4 is 17.7 Å². The molecule has 2 aromatic rings. The molecule has 0 heterocycles. The van der Waals surface area contributed by atoms with Crippen LogP contribution in [0, 0.1) is 0 Å². The summed E-state index contributed by atoms with van der Waals surface area (Å²) in [6.07, 6.45) is 1.41. The molecule has 0 aliphatic heterocycles. The van der Waals surface area contributed by atoms with Gasteiger partial charge in [0.2, 0.25) is 11.8 Å². The highest BCUT2D eigenvalue weighted by Gasteiger charge is 2.09. The van der Waals surface area contributed by atoms with Crippen molar-refractivity contribution in [2.24, 2.45) is 0 Å². The lowest BCUT2D eigenvalue weighted by Gasteiger charge is -2.11. The van der Waals surface area contributed by atoms with E-state index in [4.69, 9.17) is 4.74 Å². The first-order valence-electron chi connectivity index (χ1n) is 9.18. The Labute approximate surface area is 170 Å². The van der Waals surface area contributed by atoms with E-state index in [2.05, 4.69) is 22.5 Å². The highest BCUT2D eigenvalue weighted by Crippen LogP contribution is 2.14. The van der Waals surface area contributed by atoms with Crippen molar-refractivity contribution in [3.63, 3.8) is 0 Å². The minimum absolute atomic E-state index is 0.0640. The number of hydrogen-bond donors (Lipinski definition) is 3. The lowest BCUT2D eigenvalue weighted by molar-refractivity contribution is -0.122. The quantitative estimate of drug-likeness (QED) is 0.531. The molecule has 0 spiro atoms. The lowest BCUT2D eigenvalue weighted by Crippen LogP contribution is -2.26. The summed E-state index contributed by atoms with van der Waals surface area (Å²) in [5.41, 5.74) is 2.58. The fourth-order valence-corrected chi connectivity index (χ4v) is 2.56. The number of amides is 3. The second-order valence-electron chi connectivity index (χ2n) is 6.25. The van der Waals surface area contributed by atoms with Crippen LogP contribution >= 0.6 is 0 Å². The Kier molecular flexibility index (Phi) is 8.44. The van der Waals surface area contributed by atoms with Gasteiger partial charge in [0.15, 0.2) is 6.61 Å². The van der Waals surface area contributed by atoms with E-state index < -0.39 is 0 Å². The molecule has 7 nitrogen and oxygen atoms in total. The summed E-state index contributed by atoms with van der Waals surface area (Å²) in [6, 6.07) is 14.7. The molecule has 0 fully saturated rings. The van der Waals surface area contributed by atoms with Crippen LogP contribution in [0.2, 0.25) is 0 Å². The average Bonchev–Trinajstić information content (AvgIpc) is 2.75. The van der Waals surface area contributed by atoms with Gasteiger partial charge in [-0.25, -0.2) is 0 Å². The van der Waals surface area contributed by atoms with Gasteiger partial charge in [-0.15, -0.1) is 0 Å². The number of hydrogen-bond acceptors (Lipinski definition) is 4. The van der Waals surface area contributed by atoms with Crippen molar-refractivity contribution < 1.29 is 19.1 Å². The smallest absolute Gasteiger partial charge is 0.257 e. The normalized spacial score (nSPS) is 9.97. The molecule has 0 saturated heterocycles. The van der Waals surface area contributed by atoms with Gasteiger partial charge in [0.1, 0.15) is 5.75 Å². The van der Waals surface area contributed by atoms with Crippen LogP contribution in [0.5, 0.6) is 5.75 Å². The van der Waals surface area contributed by atoms with Crippen molar-refractivity contribution in [1.29, 1.82) is 0 Å². The van der Waals surface area contributed by atoms with E-state index >= 15 is 0 Å². The van der Waals surface area contributed by atoms with E-state index in [9.17, 15) is 14.4 Å². The third-order valence-electron chi connectivity index (χ3n) is 4.14. The number of ether oxygens (including phenoxy) is 1. The molecule has 152 valence electrons. The van der Waals surface area contributed by atoms with Gasteiger partial charge >= 0.3 is 0 Å². The van der Waals surface area contributed by atoms with E-state index in [1.54, 1.807) is 25.2 Å². The highest BCUT2D eigenvalue weighted by atomic mass is 16.5. The van der Waals surface area contributed by atoms with E-state index in [0.717, 1.165) is 16.7 Å². The Hall–Kier alpha value is -3.61. The van der Waals surface area contributed by atoms with Gasteiger partial charge in [0.25, 0.3) is 5.91 Å². The van der Waals surface area contributed by atoms with E-state index in [-0.39, 0.29) is 30.7 Å².